The zero-order chi connectivity index (χ0) is 12.5. The number of benzene rings is 1. The first-order valence-corrected chi connectivity index (χ1v) is 6.56. The van der Waals surface area contributed by atoms with Gasteiger partial charge in [-0.05, 0) is 30.3 Å². The van der Waals surface area contributed by atoms with Crippen LogP contribution in [0.15, 0.2) is 42.6 Å². The molecule has 3 aromatic rings. The Morgan fingerprint density at radius 1 is 1.22 bits per heavy atom. The van der Waals surface area contributed by atoms with Crippen molar-refractivity contribution in [1.29, 1.82) is 0 Å². The monoisotopic (exact) mass is 276 g/mol. The number of hydrogen-bond donors (Lipinski definition) is 2. The molecule has 0 bridgehead atoms. The van der Waals surface area contributed by atoms with Crippen LogP contribution in [0.2, 0.25) is 4.34 Å². The fraction of sp³-hybridized carbons (Fsp3) is 0. The number of thiophene rings is 1. The first-order chi connectivity index (χ1) is 8.74. The first-order valence-electron chi connectivity index (χ1n) is 5.37. The van der Waals surface area contributed by atoms with Crippen LogP contribution in [0.5, 0.6) is 0 Å². The third-order valence-electron chi connectivity index (χ3n) is 2.64. The lowest BCUT2D eigenvalue weighted by molar-refractivity contribution is 0.103. The SMILES string of the molecule is O=C(Nc1cccc2[nH]ccc12)c1ccc(Cl)s1. The predicted octanol–water partition coefficient (Wildman–Crippen LogP) is 4.14. The van der Waals surface area contributed by atoms with Crippen molar-refractivity contribution in [1.82, 2.24) is 4.98 Å². The molecule has 0 saturated carbocycles. The highest BCUT2D eigenvalue weighted by molar-refractivity contribution is 7.18. The molecular formula is C13H9ClN2OS. The fourth-order valence-electron chi connectivity index (χ4n) is 1.81. The van der Waals surface area contributed by atoms with Crippen molar-refractivity contribution in [2.45, 2.75) is 0 Å². The second-order valence-electron chi connectivity index (χ2n) is 3.80. The minimum Gasteiger partial charge on any atom is -0.361 e. The van der Waals surface area contributed by atoms with Crippen molar-refractivity contribution in [2.24, 2.45) is 0 Å². The lowest BCUT2D eigenvalue weighted by Gasteiger charge is -2.04. The predicted molar refractivity (Wildman–Crippen MR) is 75.6 cm³/mol. The Morgan fingerprint density at radius 3 is 2.89 bits per heavy atom. The third kappa shape index (κ3) is 2.00. The van der Waals surface area contributed by atoms with E-state index >= 15 is 0 Å². The lowest BCUT2D eigenvalue weighted by atomic mass is 10.2. The molecule has 0 fully saturated rings. The molecule has 0 aliphatic carbocycles. The smallest absolute Gasteiger partial charge is 0.265 e. The van der Waals surface area contributed by atoms with E-state index < -0.39 is 0 Å². The van der Waals surface area contributed by atoms with Crippen molar-refractivity contribution in [2.75, 3.05) is 5.32 Å². The number of amides is 1. The molecule has 2 heterocycles. The van der Waals surface area contributed by atoms with Gasteiger partial charge in [0.15, 0.2) is 0 Å². The van der Waals surface area contributed by atoms with Gasteiger partial charge in [0.2, 0.25) is 0 Å². The van der Waals surface area contributed by atoms with Crippen LogP contribution in [-0.4, -0.2) is 10.9 Å². The molecule has 0 radical (unpaired) electrons. The topological polar surface area (TPSA) is 44.9 Å². The maximum Gasteiger partial charge on any atom is 0.265 e. The summed E-state index contributed by atoms with van der Waals surface area (Å²) in [7, 11) is 0. The Morgan fingerprint density at radius 2 is 2.11 bits per heavy atom. The zero-order valence-electron chi connectivity index (χ0n) is 9.24. The van der Waals surface area contributed by atoms with E-state index in [1.807, 2.05) is 30.5 Å². The Hall–Kier alpha value is -1.78. The summed E-state index contributed by atoms with van der Waals surface area (Å²) in [6, 6.07) is 11.1. The summed E-state index contributed by atoms with van der Waals surface area (Å²) in [5.41, 5.74) is 1.79. The van der Waals surface area contributed by atoms with Gasteiger partial charge in [0.1, 0.15) is 0 Å². The number of fused-ring (bicyclic) bond motifs is 1. The van der Waals surface area contributed by atoms with Gasteiger partial charge in [-0.25, -0.2) is 0 Å². The summed E-state index contributed by atoms with van der Waals surface area (Å²) in [6.45, 7) is 0. The third-order valence-corrected chi connectivity index (χ3v) is 3.87. The van der Waals surface area contributed by atoms with Crippen molar-refractivity contribution in [3.8, 4) is 0 Å². The van der Waals surface area contributed by atoms with Crippen LogP contribution >= 0.6 is 22.9 Å². The van der Waals surface area contributed by atoms with Gasteiger partial charge in [0.05, 0.1) is 14.9 Å². The van der Waals surface area contributed by atoms with Crippen LogP contribution in [0.25, 0.3) is 10.9 Å². The van der Waals surface area contributed by atoms with Crippen LogP contribution in [0, 0.1) is 0 Å². The summed E-state index contributed by atoms with van der Waals surface area (Å²) in [5, 5.41) is 3.89. The second-order valence-corrected chi connectivity index (χ2v) is 5.52. The number of anilines is 1. The Kier molecular flexibility index (Phi) is 2.81. The molecule has 5 heteroatoms. The van der Waals surface area contributed by atoms with Crippen LogP contribution in [0.3, 0.4) is 0 Å². The Balaban J connectivity index is 1.92. The van der Waals surface area contributed by atoms with Gasteiger partial charge in [-0.15, -0.1) is 11.3 Å². The number of carbonyl (C=O) groups is 1. The van der Waals surface area contributed by atoms with Gasteiger partial charge in [-0.3, -0.25) is 4.79 Å². The summed E-state index contributed by atoms with van der Waals surface area (Å²) < 4.78 is 0.611. The van der Waals surface area contributed by atoms with Gasteiger partial charge in [0, 0.05) is 17.1 Å². The molecule has 1 amide bonds. The lowest BCUT2D eigenvalue weighted by Crippen LogP contribution is -2.10. The van der Waals surface area contributed by atoms with Gasteiger partial charge in [-0.1, -0.05) is 17.7 Å². The van der Waals surface area contributed by atoms with E-state index in [9.17, 15) is 4.79 Å². The quantitative estimate of drug-likeness (QED) is 0.726. The number of rotatable bonds is 2. The molecule has 2 aromatic heterocycles. The molecule has 90 valence electrons. The molecule has 1 aromatic carbocycles. The van der Waals surface area contributed by atoms with Crippen LogP contribution in [0.4, 0.5) is 5.69 Å². The molecule has 0 atom stereocenters. The minimum absolute atomic E-state index is 0.138. The maximum absolute atomic E-state index is 12.0. The van der Waals surface area contributed by atoms with Gasteiger partial charge < -0.3 is 10.3 Å². The molecule has 0 unspecified atom stereocenters. The molecular weight excluding hydrogens is 268 g/mol. The van der Waals surface area contributed by atoms with Crippen molar-refractivity contribution in [3.05, 3.63) is 51.8 Å². The number of hydrogen-bond acceptors (Lipinski definition) is 2. The fourth-order valence-corrected chi connectivity index (χ4v) is 2.75. The second kappa shape index (κ2) is 4.48. The molecule has 3 rings (SSSR count). The number of aromatic nitrogens is 1. The van der Waals surface area contributed by atoms with E-state index in [0.717, 1.165) is 16.6 Å². The zero-order valence-corrected chi connectivity index (χ0v) is 10.8. The van der Waals surface area contributed by atoms with Crippen molar-refractivity contribution in [3.63, 3.8) is 0 Å². The summed E-state index contributed by atoms with van der Waals surface area (Å²) in [4.78, 5) is 15.7. The molecule has 18 heavy (non-hydrogen) atoms. The Bertz CT molecular complexity index is 716. The van der Waals surface area contributed by atoms with Crippen molar-refractivity contribution < 1.29 is 4.79 Å². The average Bonchev–Trinajstić information content (AvgIpc) is 2.97. The van der Waals surface area contributed by atoms with Gasteiger partial charge in [0.25, 0.3) is 5.91 Å². The van der Waals surface area contributed by atoms with E-state index in [-0.39, 0.29) is 5.91 Å². The average molecular weight is 277 g/mol. The van der Waals surface area contributed by atoms with E-state index in [1.54, 1.807) is 12.1 Å². The van der Waals surface area contributed by atoms with Crippen LogP contribution < -0.4 is 5.32 Å². The normalized spacial score (nSPS) is 10.7. The van der Waals surface area contributed by atoms with Crippen LogP contribution in [-0.2, 0) is 0 Å². The number of carbonyl (C=O) groups excluding carboxylic acids is 1. The van der Waals surface area contributed by atoms with Crippen LogP contribution in [0.1, 0.15) is 9.67 Å². The van der Waals surface area contributed by atoms with Gasteiger partial charge in [-0.2, -0.15) is 0 Å². The number of aromatic amines is 1. The van der Waals surface area contributed by atoms with E-state index in [0.29, 0.717) is 9.21 Å². The number of nitrogens with one attached hydrogen (secondary N) is 2. The molecule has 3 nitrogen and oxygen atoms in total. The Labute approximate surface area is 112 Å². The largest absolute Gasteiger partial charge is 0.361 e. The summed E-state index contributed by atoms with van der Waals surface area (Å²) in [6.07, 6.45) is 1.85. The molecule has 0 aliphatic heterocycles. The minimum atomic E-state index is -0.138. The van der Waals surface area contributed by atoms with E-state index in [4.69, 9.17) is 11.6 Å². The molecule has 0 aliphatic rings. The molecule has 0 saturated heterocycles. The standard InChI is InChI=1S/C13H9ClN2OS/c14-12-5-4-11(18-12)13(17)16-10-3-1-2-9-8(10)6-7-15-9/h1-7,15H,(H,16,17). The highest BCUT2D eigenvalue weighted by Gasteiger charge is 2.10. The van der Waals surface area contributed by atoms with Gasteiger partial charge >= 0.3 is 0 Å². The summed E-state index contributed by atoms with van der Waals surface area (Å²) in [5.74, 6) is -0.138. The summed E-state index contributed by atoms with van der Waals surface area (Å²) >= 11 is 7.09. The molecule has 2 N–H and O–H groups in total. The first kappa shape index (κ1) is 11.3. The molecule has 0 spiro atoms. The highest BCUT2D eigenvalue weighted by atomic mass is 35.5. The van der Waals surface area contributed by atoms with E-state index in [2.05, 4.69) is 10.3 Å². The van der Waals surface area contributed by atoms with E-state index in [1.165, 1.54) is 11.3 Å². The van der Waals surface area contributed by atoms with Crippen molar-refractivity contribution >= 4 is 45.4 Å². The highest BCUT2D eigenvalue weighted by Crippen LogP contribution is 2.25. The number of halogens is 1. The number of H-pyrrole nitrogens is 1. The maximum atomic E-state index is 12.0.